The van der Waals surface area contributed by atoms with Gasteiger partial charge in [0.05, 0.1) is 0 Å². The summed E-state index contributed by atoms with van der Waals surface area (Å²) in [7, 11) is 0. The highest BCUT2D eigenvalue weighted by Crippen LogP contribution is 2.42. The van der Waals surface area contributed by atoms with E-state index in [4.69, 9.17) is 5.73 Å². The van der Waals surface area contributed by atoms with Gasteiger partial charge in [-0.15, -0.1) is 0 Å². The third kappa shape index (κ3) is 7.51. The summed E-state index contributed by atoms with van der Waals surface area (Å²) in [6.07, 6.45) is -6.34. The van der Waals surface area contributed by atoms with Gasteiger partial charge in [0.1, 0.15) is 11.8 Å². The number of primary amides is 1. The number of hydrogen-bond donors (Lipinski definition) is 4. The monoisotopic (exact) mass is 499 g/mol. The molecule has 3 amide bonds. The summed E-state index contributed by atoms with van der Waals surface area (Å²) in [4.78, 5) is 49.4. The lowest BCUT2D eigenvalue weighted by Gasteiger charge is -2.31. The number of carbonyl (C=O) groups excluding carboxylic acids is 4. The molecule has 0 spiro atoms. The SMILES string of the molecule is CC(C)C[C@H](CC(=O)CC(O)(c1ccccc1)C(F)(F)F)C(=O)N[C@@H](C[C@@H]1CCNC1=O)C(N)=O. The number of nitrogens with two attached hydrogens (primary N) is 1. The molecule has 1 unspecified atom stereocenters. The molecule has 35 heavy (non-hydrogen) atoms. The number of amides is 3. The molecule has 11 heteroatoms. The zero-order valence-electron chi connectivity index (χ0n) is 19.7. The van der Waals surface area contributed by atoms with Gasteiger partial charge < -0.3 is 21.5 Å². The van der Waals surface area contributed by atoms with E-state index in [0.717, 1.165) is 12.1 Å². The average Bonchev–Trinajstić information content (AvgIpc) is 3.16. The van der Waals surface area contributed by atoms with Gasteiger partial charge in [-0.3, -0.25) is 19.2 Å². The van der Waals surface area contributed by atoms with E-state index in [1.54, 1.807) is 13.8 Å². The zero-order chi connectivity index (χ0) is 26.4. The third-order valence-electron chi connectivity index (χ3n) is 6.12. The van der Waals surface area contributed by atoms with E-state index in [-0.39, 0.29) is 24.7 Å². The molecular weight excluding hydrogens is 467 g/mol. The molecule has 1 heterocycles. The van der Waals surface area contributed by atoms with Crippen LogP contribution in [0, 0.1) is 17.8 Å². The second kappa shape index (κ2) is 11.7. The van der Waals surface area contributed by atoms with Gasteiger partial charge in [-0.2, -0.15) is 13.2 Å². The van der Waals surface area contributed by atoms with Crippen LogP contribution in [0.3, 0.4) is 0 Å². The Kier molecular flexibility index (Phi) is 9.42. The molecule has 2 rings (SSSR count). The highest BCUT2D eigenvalue weighted by atomic mass is 19.4. The van der Waals surface area contributed by atoms with Gasteiger partial charge in [0.25, 0.3) is 0 Å². The maximum absolute atomic E-state index is 13.8. The number of alkyl halides is 3. The molecule has 0 aromatic heterocycles. The van der Waals surface area contributed by atoms with Crippen molar-refractivity contribution in [1.82, 2.24) is 10.6 Å². The number of halogens is 3. The summed E-state index contributed by atoms with van der Waals surface area (Å²) >= 11 is 0. The van der Waals surface area contributed by atoms with Crippen molar-refractivity contribution in [2.75, 3.05) is 6.54 Å². The molecule has 0 aliphatic carbocycles. The predicted octanol–water partition coefficient (Wildman–Crippen LogP) is 1.94. The van der Waals surface area contributed by atoms with E-state index in [2.05, 4.69) is 10.6 Å². The number of hydrogen-bond acceptors (Lipinski definition) is 5. The third-order valence-corrected chi connectivity index (χ3v) is 6.12. The van der Waals surface area contributed by atoms with Gasteiger partial charge >= 0.3 is 6.18 Å². The van der Waals surface area contributed by atoms with Crippen LogP contribution in [0.1, 0.15) is 51.5 Å². The largest absolute Gasteiger partial charge is 0.421 e. The fourth-order valence-corrected chi connectivity index (χ4v) is 4.25. The molecule has 1 aromatic carbocycles. The minimum atomic E-state index is -5.13. The lowest BCUT2D eigenvalue weighted by atomic mass is 9.84. The Morgan fingerprint density at radius 2 is 1.83 bits per heavy atom. The van der Waals surface area contributed by atoms with Crippen LogP contribution in [-0.2, 0) is 24.8 Å². The molecule has 4 atom stereocenters. The maximum atomic E-state index is 13.8. The van der Waals surface area contributed by atoms with Gasteiger partial charge in [0.15, 0.2) is 5.60 Å². The Morgan fingerprint density at radius 1 is 1.20 bits per heavy atom. The van der Waals surface area contributed by atoms with Crippen molar-refractivity contribution in [3.63, 3.8) is 0 Å². The quantitative estimate of drug-likeness (QED) is 0.348. The topological polar surface area (TPSA) is 139 Å². The summed E-state index contributed by atoms with van der Waals surface area (Å²) in [5.41, 5.74) is 1.51. The van der Waals surface area contributed by atoms with Crippen molar-refractivity contribution < 1.29 is 37.5 Å². The second-order valence-corrected chi connectivity index (χ2v) is 9.45. The Balaban J connectivity index is 2.17. The summed E-state index contributed by atoms with van der Waals surface area (Å²) < 4.78 is 41.3. The maximum Gasteiger partial charge on any atom is 0.421 e. The van der Waals surface area contributed by atoms with Crippen LogP contribution in [0.5, 0.6) is 0 Å². The molecule has 1 aliphatic heterocycles. The first-order chi connectivity index (χ1) is 16.2. The minimum absolute atomic E-state index is 0.0168. The molecule has 8 nitrogen and oxygen atoms in total. The molecule has 0 saturated carbocycles. The van der Waals surface area contributed by atoms with Crippen LogP contribution in [0.25, 0.3) is 0 Å². The van der Waals surface area contributed by atoms with E-state index in [1.807, 2.05) is 0 Å². The van der Waals surface area contributed by atoms with E-state index in [9.17, 15) is 37.5 Å². The molecule has 1 aliphatic rings. The molecule has 194 valence electrons. The number of rotatable bonds is 12. The summed E-state index contributed by atoms with van der Waals surface area (Å²) in [6.45, 7) is 3.99. The van der Waals surface area contributed by atoms with Gasteiger partial charge in [-0.1, -0.05) is 44.2 Å². The molecule has 0 radical (unpaired) electrons. The van der Waals surface area contributed by atoms with Gasteiger partial charge in [0.2, 0.25) is 17.7 Å². The molecule has 5 N–H and O–H groups in total. The minimum Gasteiger partial charge on any atom is -0.376 e. The van der Waals surface area contributed by atoms with Crippen molar-refractivity contribution in [2.24, 2.45) is 23.5 Å². The van der Waals surface area contributed by atoms with Crippen molar-refractivity contribution in [2.45, 2.75) is 63.8 Å². The summed E-state index contributed by atoms with van der Waals surface area (Å²) in [5.74, 6) is -4.44. The lowest BCUT2D eigenvalue weighted by molar-refractivity contribution is -0.267. The van der Waals surface area contributed by atoms with Gasteiger partial charge in [0, 0.05) is 31.2 Å². The Morgan fingerprint density at radius 3 is 2.31 bits per heavy atom. The Bertz CT molecular complexity index is 923. The number of benzene rings is 1. The van der Waals surface area contributed by atoms with Crippen molar-refractivity contribution >= 4 is 23.5 Å². The fraction of sp³-hybridized carbons (Fsp3) is 0.583. The number of Topliss-reactive ketones (excluding diaryl/α,β-unsaturated/α-hetero) is 1. The summed E-state index contributed by atoms with van der Waals surface area (Å²) in [6, 6.07) is 5.11. The summed E-state index contributed by atoms with van der Waals surface area (Å²) in [5, 5.41) is 15.6. The van der Waals surface area contributed by atoms with Crippen LogP contribution >= 0.6 is 0 Å². The highest BCUT2D eigenvalue weighted by molar-refractivity contribution is 5.91. The van der Waals surface area contributed by atoms with E-state index in [1.165, 1.54) is 18.2 Å². The van der Waals surface area contributed by atoms with Crippen LogP contribution in [0.4, 0.5) is 13.2 Å². The smallest absolute Gasteiger partial charge is 0.376 e. The van der Waals surface area contributed by atoms with Crippen LogP contribution in [-0.4, -0.2) is 47.4 Å². The van der Waals surface area contributed by atoms with Crippen molar-refractivity contribution in [3.05, 3.63) is 35.9 Å². The Labute approximate surface area is 201 Å². The zero-order valence-corrected chi connectivity index (χ0v) is 19.7. The number of aliphatic hydroxyl groups is 1. The van der Waals surface area contributed by atoms with Crippen LogP contribution < -0.4 is 16.4 Å². The van der Waals surface area contributed by atoms with Gasteiger partial charge in [-0.25, -0.2) is 0 Å². The molecule has 0 bridgehead atoms. The highest BCUT2D eigenvalue weighted by Gasteiger charge is 2.56. The van der Waals surface area contributed by atoms with E-state index in [0.29, 0.717) is 13.0 Å². The Hall–Kier alpha value is -2.95. The lowest BCUT2D eigenvalue weighted by Crippen LogP contribution is -2.49. The van der Waals surface area contributed by atoms with Crippen molar-refractivity contribution in [3.8, 4) is 0 Å². The van der Waals surface area contributed by atoms with E-state index >= 15 is 0 Å². The van der Waals surface area contributed by atoms with Gasteiger partial charge in [-0.05, 0) is 30.7 Å². The first kappa shape index (κ1) is 28.3. The number of nitrogens with one attached hydrogen (secondary N) is 2. The molecule has 1 fully saturated rings. The molecule has 1 aromatic rings. The molecular formula is C24H32F3N3O5. The first-order valence-corrected chi connectivity index (χ1v) is 11.5. The van der Waals surface area contributed by atoms with Crippen LogP contribution in [0.2, 0.25) is 0 Å². The van der Waals surface area contributed by atoms with E-state index < -0.39 is 65.7 Å². The van der Waals surface area contributed by atoms with Crippen LogP contribution in [0.15, 0.2) is 30.3 Å². The fourth-order valence-electron chi connectivity index (χ4n) is 4.25. The van der Waals surface area contributed by atoms with Crippen molar-refractivity contribution in [1.29, 1.82) is 0 Å². The normalized spacial score (nSPS) is 19.5. The molecule has 1 saturated heterocycles. The first-order valence-electron chi connectivity index (χ1n) is 11.5. The number of ketones is 1. The predicted molar refractivity (Wildman–Crippen MR) is 120 cm³/mol. The number of carbonyl (C=O) groups is 4. The second-order valence-electron chi connectivity index (χ2n) is 9.45. The standard InChI is InChI=1S/C24H32F3N3O5/c1-14(2)10-16(22(34)30-19(20(28)32)12-15-8-9-29-21(15)33)11-18(31)13-23(35,24(25,26)27)17-6-4-3-5-7-17/h3-7,14-16,19,35H,8-13H2,1-2H3,(H2,28,32)(H,29,33)(H,30,34)/t15-,16+,19-,23?/m0/s1. The average molecular weight is 500 g/mol.